The summed E-state index contributed by atoms with van der Waals surface area (Å²) in [5.74, 6) is 0.147. The number of hydrogen-bond donors (Lipinski definition) is 1. The topological polar surface area (TPSA) is 50.8 Å². The minimum absolute atomic E-state index is 0.115. The lowest BCUT2D eigenvalue weighted by Crippen LogP contribution is -2.39. The predicted octanol–water partition coefficient (Wildman–Crippen LogP) is 4.44. The molecule has 0 fully saturated rings. The van der Waals surface area contributed by atoms with E-state index in [4.69, 9.17) is 4.74 Å². The van der Waals surface area contributed by atoms with Crippen LogP contribution in [0.15, 0.2) is 48.5 Å². The molecule has 0 aliphatic rings. The molecule has 0 heterocycles. The van der Waals surface area contributed by atoms with Gasteiger partial charge in [0.2, 0.25) is 5.91 Å². The molecule has 152 valence electrons. The van der Waals surface area contributed by atoms with Crippen molar-refractivity contribution in [2.45, 2.75) is 32.8 Å². The third kappa shape index (κ3) is 6.45. The number of likely N-dealkylation sites (N-methyl/N-ethyl adjacent to an activating group) is 1. The van der Waals surface area contributed by atoms with Gasteiger partial charge in [-0.1, -0.05) is 18.2 Å². The van der Waals surface area contributed by atoms with Crippen molar-refractivity contribution in [3.63, 3.8) is 0 Å². The molecule has 2 aromatic rings. The second-order valence-corrected chi connectivity index (χ2v) is 6.19. The van der Waals surface area contributed by atoms with Gasteiger partial charge in [-0.15, -0.1) is 13.2 Å². The molecule has 1 N–H and O–H groups in total. The minimum Gasteiger partial charge on any atom is -0.494 e. The van der Waals surface area contributed by atoms with Crippen LogP contribution >= 0.6 is 0 Å². The number of carbonyl (C=O) groups excluding carboxylic acids is 1. The van der Waals surface area contributed by atoms with Gasteiger partial charge in [-0.2, -0.15) is 0 Å². The number of nitrogens with one attached hydrogen (secondary N) is 1. The first kappa shape index (κ1) is 21.6. The Morgan fingerprint density at radius 1 is 1.14 bits per heavy atom. The van der Waals surface area contributed by atoms with Crippen LogP contribution in [0.5, 0.6) is 11.5 Å². The number of ether oxygens (including phenoxy) is 2. The number of para-hydroxylation sites is 1. The van der Waals surface area contributed by atoms with E-state index in [9.17, 15) is 18.0 Å². The Labute approximate surface area is 162 Å². The van der Waals surface area contributed by atoms with Crippen molar-refractivity contribution < 1.29 is 27.4 Å². The molecular weight excluding hydrogens is 373 g/mol. The van der Waals surface area contributed by atoms with E-state index in [1.807, 2.05) is 6.92 Å². The van der Waals surface area contributed by atoms with E-state index in [-0.39, 0.29) is 18.2 Å². The predicted molar refractivity (Wildman–Crippen MR) is 100 cm³/mol. The summed E-state index contributed by atoms with van der Waals surface area (Å²) < 4.78 is 47.1. The quantitative estimate of drug-likeness (QED) is 0.717. The van der Waals surface area contributed by atoms with Crippen LogP contribution in [0.1, 0.15) is 19.4 Å². The number of nitrogens with zero attached hydrogens (tertiary/aromatic N) is 1. The van der Waals surface area contributed by atoms with Gasteiger partial charge >= 0.3 is 6.36 Å². The largest absolute Gasteiger partial charge is 0.573 e. The number of hydrogen-bond acceptors (Lipinski definition) is 4. The fraction of sp³-hybridized carbons (Fsp3) is 0.350. The number of halogens is 3. The normalized spacial score (nSPS) is 12.5. The molecule has 1 amide bonds. The Morgan fingerprint density at radius 2 is 1.79 bits per heavy atom. The Hall–Kier alpha value is -2.74. The van der Waals surface area contributed by atoms with Crippen LogP contribution in [0.25, 0.3) is 0 Å². The van der Waals surface area contributed by atoms with Crippen LogP contribution in [-0.2, 0) is 11.3 Å². The number of carbonyl (C=O) groups is 1. The van der Waals surface area contributed by atoms with Gasteiger partial charge in [0.05, 0.1) is 12.6 Å². The van der Waals surface area contributed by atoms with Crippen molar-refractivity contribution in [1.29, 1.82) is 0 Å². The Morgan fingerprint density at radius 3 is 2.39 bits per heavy atom. The highest BCUT2D eigenvalue weighted by molar-refractivity contribution is 5.94. The molecule has 5 nitrogen and oxygen atoms in total. The van der Waals surface area contributed by atoms with Crippen LogP contribution in [0.3, 0.4) is 0 Å². The van der Waals surface area contributed by atoms with E-state index in [2.05, 4.69) is 10.1 Å². The van der Waals surface area contributed by atoms with Crippen molar-refractivity contribution >= 4 is 11.6 Å². The van der Waals surface area contributed by atoms with Crippen LogP contribution in [0.2, 0.25) is 0 Å². The number of anilines is 1. The number of alkyl halides is 3. The molecule has 1 atom stereocenters. The summed E-state index contributed by atoms with van der Waals surface area (Å²) in [4.78, 5) is 14.1. The molecule has 2 aromatic carbocycles. The highest BCUT2D eigenvalue weighted by Crippen LogP contribution is 2.27. The first-order valence-electron chi connectivity index (χ1n) is 8.77. The van der Waals surface area contributed by atoms with Crippen molar-refractivity contribution in [1.82, 2.24) is 4.90 Å². The van der Waals surface area contributed by atoms with Crippen molar-refractivity contribution in [2.24, 2.45) is 0 Å². The summed E-state index contributed by atoms with van der Waals surface area (Å²) >= 11 is 0. The second kappa shape index (κ2) is 9.45. The lowest BCUT2D eigenvalue weighted by Gasteiger charge is -2.25. The molecule has 0 aliphatic carbocycles. The average molecular weight is 396 g/mol. The fourth-order valence-electron chi connectivity index (χ4n) is 2.51. The molecule has 0 saturated carbocycles. The van der Waals surface area contributed by atoms with Crippen molar-refractivity contribution in [2.75, 3.05) is 19.0 Å². The van der Waals surface area contributed by atoms with Gasteiger partial charge < -0.3 is 14.8 Å². The second-order valence-electron chi connectivity index (χ2n) is 6.19. The number of rotatable bonds is 8. The lowest BCUT2D eigenvalue weighted by atomic mass is 10.1. The first-order chi connectivity index (χ1) is 13.2. The van der Waals surface area contributed by atoms with E-state index >= 15 is 0 Å². The van der Waals surface area contributed by atoms with E-state index in [1.165, 1.54) is 18.2 Å². The van der Waals surface area contributed by atoms with E-state index in [0.717, 1.165) is 0 Å². The lowest BCUT2D eigenvalue weighted by molar-refractivity contribution is -0.275. The van der Waals surface area contributed by atoms with Gasteiger partial charge in [-0.3, -0.25) is 9.69 Å². The standard InChI is InChI=1S/C20H23F3N2O3/c1-4-27-17-11-9-16(10-12-17)24-19(26)14(2)25(3)13-15-7-5-6-8-18(15)28-20(21,22)23/h5-12,14H,4,13H2,1-3H3,(H,24,26). The van der Waals surface area contributed by atoms with Crippen molar-refractivity contribution in [3.8, 4) is 11.5 Å². The molecule has 8 heteroatoms. The number of benzene rings is 2. The molecule has 2 rings (SSSR count). The molecule has 28 heavy (non-hydrogen) atoms. The smallest absolute Gasteiger partial charge is 0.494 e. The molecule has 0 spiro atoms. The van der Waals surface area contributed by atoms with E-state index in [0.29, 0.717) is 23.6 Å². The number of amides is 1. The monoisotopic (exact) mass is 396 g/mol. The summed E-state index contributed by atoms with van der Waals surface area (Å²) in [5.41, 5.74) is 0.942. The molecule has 0 aliphatic heterocycles. The van der Waals surface area contributed by atoms with Crippen LogP contribution in [0, 0.1) is 0 Å². The summed E-state index contributed by atoms with van der Waals surface area (Å²) in [5, 5.41) is 2.78. The maximum atomic E-state index is 12.6. The van der Waals surface area contributed by atoms with Gasteiger partial charge in [0, 0.05) is 17.8 Å². The maximum absolute atomic E-state index is 12.6. The third-order valence-electron chi connectivity index (χ3n) is 4.09. The molecule has 0 radical (unpaired) electrons. The van der Waals surface area contributed by atoms with Gasteiger partial charge in [0.15, 0.2) is 0 Å². The van der Waals surface area contributed by atoms with Gasteiger partial charge in [0.25, 0.3) is 0 Å². The average Bonchev–Trinajstić information content (AvgIpc) is 2.63. The summed E-state index contributed by atoms with van der Waals surface area (Å²) in [6.45, 7) is 4.22. The summed E-state index contributed by atoms with van der Waals surface area (Å²) in [6, 6.07) is 12.2. The zero-order valence-electron chi connectivity index (χ0n) is 15.9. The molecule has 0 aromatic heterocycles. The fourth-order valence-corrected chi connectivity index (χ4v) is 2.51. The SMILES string of the molecule is CCOc1ccc(NC(=O)C(C)N(C)Cc2ccccc2OC(F)(F)F)cc1. The minimum atomic E-state index is -4.77. The van der Waals surface area contributed by atoms with E-state index in [1.54, 1.807) is 49.2 Å². The van der Waals surface area contributed by atoms with Gasteiger partial charge in [-0.25, -0.2) is 0 Å². The summed E-state index contributed by atoms with van der Waals surface area (Å²) in [7, 11) is 1.66. The first-order valence-corrected chi connectivity index (χ1v) is 8.77. The van der Waals surface area contributed by atoms with Crippen LogP contribution in [0.4, 0.5) is 18.9 Å². The maximum Gasteiger partial charge on any atom is 0.573 e. The third-order valence-corrected chi connectivity index (χ3v) is 4.09. The van der Waals surface area contributed by atoms with Crippen molar-refractivity contribution in [3.05, 3.63) is 54.1 Å². The van der Waals surface area contributed by atoms with E-state index < -0.39 is 12.4 Å². The van der Waals surface area contributed by atoms with Crippen LogP contribution in [-0.4, -0.2) is 36.9 Å². The molecule has 1 unspecified atom stereocenters. The Kier molecular flexibility index (Phi) is 7.28. The Bertz CT molecular complexity index is 779. The van der Waals surface area contributed by atoms with Gasteiger partial charge in [0.1, 0.15) is 11.5 Å². The zero-order chi connectivity index (χ0) is 20.7. The summed E-state index contributed by atoms with van der Waals surface area (Å²) in [6.07, 6.45) is -4.77. The Balaban J connectivity index is 2.00. The highest BCUT2D eigenvalue weighted by Gasteiger charge is 2.32. The molecular formula is C20H23F3N2O3. The molecule has 0 saturated heterocycles. The highest BCUT2D eigenvalue weighted by atomic mass is 19.4. The zero-order valence-corrected chi connectivity index (χ0v) is 15.9. The molecule has 0 bridgehead atoms. The van der Waals surface area contributed by atoms with Crippen LogP contribution < -0.4 is 14.8 Å². The van der Waals surface area contributed by atoms with Gasteiger partial charge in [-0.05, 0) is 51.2 Å².